The van der Waals surface area contributed by atoms with Crippen LogP contribution in [0.15, 0.2) is 34.7 Å². The molecule has 1 aromatic rings. The number of aliphatic imine (C=N–C) groups is 1. The lowest BCUT2D eigenvalue weighted by molar-refractivity contribution is 0.571. The molecule has 0 amide bonds. The summed E-state index contributed by atoms with van der Waals surface area (Å²) in [6, 6.07) is 8.02. The number of nitrogens with zero attached hydrogens (tertiary/aromatic N) is 2. The minimum atomic E-state index is 0.782. The van der Waals surface area contributed by atoms with Gasteiger partial charge in [0.2, 0.25) is 0 Å². The number of hydrogen-bond donors (Lipinski definition) is 0. The molecule has 2 heterocycles. The molecule has 0 atom stereocenters. The van der Waals surface area contributed by atoms with E-state index in [1.807, 2.05) is 12.1 Å². The van der Waals surface area contributed by atoms with Crippen LogP contribution in [0, 0.1) is 0 Å². The lowest BCUT2D eigenvalue weighted by atomic mass is 10.1. The maximum Gasteiger partial charge on any atom is 0.168 e. The van der Waals surface area contributed by atoms with Crippen LogP contribution in [0.5, 0.6) is 0 Å². The minimum absolute atomic E-state index is 0.782. The number of fused-ring (bicyclic) bond motifs is 1. The van der Waals surface area contributed by atoms with Crippen molar-refractivity contribution in [2.24, 2.45) is 4.99 Å². The van der Waals surface area contributed by atoms with E-state index in [0.717, 1.165) is 23.3 Å². The molecular formula is C13H13ClN2S. The number of halogens is 1. The van der Waals surface area contributed by atoms with Gasteiger partial charge < -0.3 is 4.90 Å². The van der Waals surface area contributed by atoms with Crippen LogP contribution < -0.4 is 0 Å². The molecule has 3 rings (SSSR count). The van der Waals surface area contributed by atoms with Gasteiger partial charge in [0, 0.05) is 23.5 Å². The lowest BCUT2D eigenvalue weighted by Crippen LogP contribution is -2.23. The van der Waals surface area contributed by atoms with Gasteiger partial charge in [-0.3, -0.25) is 4.99 Å². The van der Waals surface area contributed by atoms with Crippen molar-refractivity contribution in [3.63, 3.8) is 0 Å². The fourth-order valence-corrected chi connectivity index (χ4v) is 3.17. The molecule has 88 valence electrons. The Morgan fingerprint density at radius 1 is 1.18 bits per heavy atom. The normalized spacial score (nSPS) is 19.5. The highest BCUT2D eigenvalue weighted by Gasteiger charge is 2.24. The first-order valence-electron chi connectivity index (χ1n) is 5.79. The first-order valence-corrected chi connectivity index (χ1v) is 7.05. The van der Waals surface area contributed by atoms with Gasteiger partial charge in [-0.2, -0.15) is 0 Å². The van der Waals surface area contributed by atoms with E-state index < -0.39 is 0 Å². The smallest absolute Gasteiger partial charge is 0.168 e. The van der Waals surface area contributed by atoms with Crippen LogP contribution in [0.1, 0.15) is 18.4 Å². The van der Waals surface area contributed by atoms with Crippen LogP contribution >= 0.6 is 23.4 Å². The molecule has 1 aromatic carbocycles. The maximum absolute atomic E-state index is 5.92. The summed E-state index contributed by atoms with van der Waals surface area (Å²) < 4.78 is 0. The van der Waals surface area contributed by atoms with Crippen molar-refractivity contribution in [3.8, 4) is 0 Å². The molecule has 0 N–H and O–H groups in total. The lowest BCUT2D eigenvalue weighted by Gasteiger charge is -2.20. The number of benzene rings is 1. The Morgan fingerprint density at radius 3 is 2.82 bits per heavy atom. The molecule has 0 radical (unpaired) electrons. The second-order valence-electron chi connectivity index (χ2n) is 4.15. The van der Waals surface area contributed by atoms with E-state index in [2.05, 4.69) is 27.4 Å². The number of amidine groups is 1. The highest BCUT2D eigenvalue weighted by atomic mass is 35.5. The number of thioether (sulfide) groups is 1. The maximum atomic E-state index is 5.92. The van der Waals surface area contributed by atoms with Crippen LogP contribution in [0.2, 0.25) is 5.02 Å². The molecule has 0 saturated heterocycles. The molecule has 2 aliphatic heterocycles. The van der Waals surface area contributed by atoms with Crippen molar-refractivity contribution in [1.29, 1.82) is 0 Å². The van der Waals surface area contributed by atoms with E-state index >= 15 is 0 Å². The summed E-state index contributed by atoms with van der Waals surface area (Å²) in [6.07, 6.45) is 2.40. The molecule has 0 aromatic heterocycles. The first-order chi connectivity index (χ1) is 8.34. The Balaban J connectivity index is 1.91. The largest absolute Gasteiger partial charge is 0.320 e. The summed E-state index contributed by atoms with van der Waals surface area (Å²) >= 11 is 7.65. The van der Waals surface area contributed by atoms with Gasteiger partial charge in [-0.05, 0) is 30.5 Å². The van der Waals surface area contributed by atoms with Gasteiger partial charge in [0.05, 0.1) is 5.70 Å². The van der Waals surface area contributed by atoms with Crippen molar-refractivity contribution in [2.45, 2.75) is 12.8 Å². The van der Waals surface area contributed by atoms with E-state index in [4.69, 9.17) is 11.6 Å². The van der Waals surface area contributed by atoms with Crippen molar-refractivity contribution < 1.29 is 0 Å². The zero-order chi connectivity index (χ0) is 11.7. The highest BCUT2D eigenvalue weighted by Crippen LogP contribution is 2.34. The van der Waals surface area contributed by atoms with Gasteiger partial charge in [-0.1, -0.05) is 35.5 Å². The van der Waals surface area contributed by atoms with Crippen molar-refractivity contribution in [1.82, 2.24) is 4.90 Å². The Labute approximate surface area is 110 Å². The zero-order valence-electron chi connectivity index (χ0n) is 9.40. The molecule has 0 aliphatic carbocycles. The molecule has 0 fully saturated rings. The molecule has 0 bridgehead atoms. The Hall–Kier alpha value is -0.930. The molecule has 2 aliphatic rings. The van der Waals surface area contributed by atoms with E-state index in [-0.39, 0.29) is 0 Å². The average molecular weight is 265 g/mol. The molecule has 0 saturated carbocycles. The van der Waals surface area contributed by atoms with Crippen LogP contribution in [0.25, 0.3) is 5.70 Å². The quantitative estimate of drug-likeness (QED) is 0.766. The van der Waals surface area contributed by atoms with Crippen LogP contribution in [0.3, 0.4) is 0 Å². The second-order valence-corrected chi connectivity index (χ2v) is 5.42. The molecule has 0 unspecified atom stereocenters. The van der Waals surface area contributed by atoms with Gasteiger partial charge in [0.15, 0.2) is 5.17 Å². The molecular weight excluding hydrogens is 252 g/mol. The van der Waals surface area contributed by atoms with Gasteiger partial charge >= 0.3 is 0 Å². The van der Waals surface area contributed by atoms with E-state index in [1.165, 1.54) is 24.1 Å². The number of rotatable bonds is 1. The van der Waals surface area contributed by atoms with Gasteiger partial charge in [-0.25, -0.2) is 0 Å². The zero-order valence-corrected chi connectivity index (χ0v) is 11.0. The third-order valence-corrected chi connectivity index (χ3v) is 4.13. The minimum Gasteiger partial charge on any atom is -0.320 e. The topological polar surface area (TPSA) is 15.6 Å². The van der Waals surface area contributed by atoms with Gasteiger partial charge in [0.1, 0.15) is 0 Å². The molecule has 17 heavy (non-hydrogen) atoms. The van der Waals surface area contributed by atoms with E-state index in [0.29, 0.717) is 0 Å². The van der Waals surface area contributed by atoms with Crippen LogP contribution in [0.4, 0.5) is 0 Å². The predicted molar refractivity (Wildman–Crippen MR) is 75.3 cm³/mol. The summed E-state index contributed by atoms with van der Waals surface area (Å²) in [6.45, 7) is 2.03. The second kappa shape index (κ2) is 4.75. The SMILES string of the molecule is Clc1ccc(C2=CSC3=NCCCCN23)cc1. The average Bonchev–Trinajstić information content (AvgIpc) is 2.60. The summed E-state index contributed by atoms with van der Waals surface area (Å²) in [5, 5.41) is 4.12. The molecule has 4 heteroatoms. The highest BCUT2D eigenvalue weighted by molar-refractivity contribution is 8.16. The Bertz CT molecular complexity index is 479. The molecule has 0 spiro atoms. The fraction of sp³-hybridized carbons (Fsp3) is 0.308. The molecule has 2 nitrogen and oxygen atoms in total. The fourth-order valence-electron chi connectivity index (χ4n) is 2.08. The van der Waals surface area contributed by atoms with Crippen molar-refractivity contribution in [2.75, 3.05) is 13.1 Å². The van der Waals surface area contributed by atoms with Gasteiger partial charge in [-0.15, -0.1) is 0 Å². The Morgan fingerprint density at radius 2 is 2.00 bits per heavy atom. The van der Waals surface area contributed by atoms with Gasteiger partial charge in [0.25, 0.3) is 0 Å². The third-order valence-electron chi connectivity index (χ3n) is 2.97. The predicted octanol–water partition coefficient (Wildman–Crippen LogP) is 3.84. The van der Waals surface area contributed by atoms with Crippen molar-refractivity contribution >= 4 is 34.2 Å². The van der Waals surface area contributed by atoms with Crippen LogP contribution in [-0.4, -0.2) is 23.2 Å². The number of hydrogen-bond acceptors (Lipinski definition) is 3. The summed E-state index contributed by atoms with van der Waals surface area (Å²) in [5.41, 5.74) is 2.47. The van der Waals surface area contributed by atoms with E-state index in [9.17, 15) is 0 Å². The third kappa shape index (κ3) is 2.22. The standard InChI is InChI=1S/C13H13ClN2S/c14-11-5-3-10(4-6-11)12-9-17-13-15-7-1-2-8-16(12)13/h3-6,9H,1-2,7-8H2. The van der Waals surface area contributed by atoms with E-state index in [1.54, 1.807) is 11.8 Å². The summed E-state index contributed by atoms with van der Waals surface area (Å²) in [4.78, 5) is 6.93. The van der Waals surface area contributed by atoms with Crippen molar-refractivity contribution in [3.05, 3.63) is 40.3 Å². The first kappa shape index (κ1) is 11.2. The van der Waals surface area contributed by atoms with Crippen LogP contribution in [-0.2, 0) is 0 Å². The Kier molecular flexibility index (Phi) is 3.12. The monoisotopic (exact) mass is 264 g/mol. The summed E-state index contributed by atoms with van der Waals surface area (Å²) in [7, 11) is 0. The summed E-state index contributed by atoms with van der Waals surface area (Å²) in [5.74, 6) is 0.